The summed E-state index contributed by atoms with van der Waals surface area (Å²) in [6.07, 6.45) is 5.66. The van der Waals surface area contributed by atoms with Crippen LogP contribution in [0.2, 0.25) is 0 Å². The summed E-state index contributed by atoms with van der Waals surface area (Å²) in [6, 6.07) is 0.204. The van der Waals surface area contributed by atoms with E-state index < -0.39 is 0 Å². The lowest BCUT2D eigenvalue weighted by Crippen LogP contribution is -2.47. The second-order valence-corrected chi connectivity index (χ2v) is 5.92. The van der Waals surface area contributed by atoms with Crippen LogP contribution >= 0.6 is 0 Å². The number of likely N-dealkylation sites (N-methyl/N-ethyl adjacent to an activating group) is 1. The van der Waals surface area contributed by atoms with E-state index in [4.69, 9.17) is 4.74 Å². The first-order chi connectivity index (χ1) is 11.2. The van der Waals surface area contributed by atoms with Gasteiger partial charge in [0.1, 0.15) is 0 Å². The van der Waals surface area contributed by atoms with Crippen molar-refractivity contribution >= 4 is 0 Å². The molecule has 23 heavy (non-hydrogen) atoms. The van der Waals surface area contributed by atoms with Crippen LogP contribution < -0.4 is 5.32 Å². The van der Waals surface area contributed by atoms with Crippen molar-refractivity contribution < 1.29 is 4.74 Å². The Labute approximate surface area is 136 Å². The topological polar surface area (TPSA) is 73.0 Å². The standard InChI is InChI=1S/C15H25N7O/c1-4-22-18-8-12(19-22)7-16-10-14-15(20(2)5-6-23-14)13-9-17-11-21(13)3/h8-9,11,14-16H,4-7,10H2,1-3H3/t14-,15-/m0/s1. The predicted molar refractivity (Wildman–Crippen MR) is 85.7 cm³/mol. The number of imidazole rings is 1. The molecule has 0 amide bonds. The lowest BCUT2D eigenvalue weighted by atomic mass is 10.0. The molecule has 0 aliphatic carbocycles. The van der Waals surface area contributed by atoms with Crippen LogP contribution in [0.1, 0.15) is 24.4 Å². The van der Waals surface area contributed by atoms with Crippen LogP contribution in [0.15, 0.2) is 18.7 Å². The van der Waals surface area contributed by atoms with Gasteiger partial charge in [0.05, 0.1) is 49.2 Å². The summed E-state index contributed by atoms with van der Waals surface area (Å²) in [5.74, 6) is 0. The second kappa shape index (κ2) is 7.20. The number of ether oxygens (including phenoxy) is 1. The molecule has 8 nitrogen and oxygen atoms in total. The number of morpholine rings is 1. The van der Waals surface area contributed by atoms with Gasteiger partial charge in [0.15, 0.2) is 0 Å². The van der Waals surface area contributed by atoms with Crippen LogP contribution in [0.4, 0.5) is 0 Å². The Morgan fingerprint density at radius 3 is 2.91 bits per heavy atom. The maximum Gasteiger partial charge on any atom is 0.0964 e. The van der Waals surface area contributed by atoms with Crippen LogP contribution in [0.3, 0.4) is 0 Å². The molecule has 2 atom stereocenters. The SMILES string of the molecule is CCn1ncc(CNC[C@@H]2OCCN(C)[C@H]2c2cncn2C)n1. The number of aromatic nitrogens is 5. The average molecular weight is 319 g/mol. The van der Waals surface area contributed by atoms with Crippen molar-refractivity contribution in [3.63, 3.8) is 0 Å². The van der Waals surface area contributed by atoms with E-state index in [9.17, 15) is 0 Å². The monoisotopic (exact) mass is 319 g/mol. The van der Waals surface area contributed by atoms with E-state index in [2.05, 4.69) is 37.0 Å². The van der Waals surface area contributed by atoms with Crippen molar-refractivity contribution in [3.05, 3.63) is 30.1 Å². The zero-order valence-corrected chi connectivity index (χ0v) is 14.0. The molecular formula is C15H25N7O. The Bertz CT molecular complexity index is 623. The lowest BCUT2D eigenvalue weighted by molar-refractivity contribution is -0.0636. The molecule has 126 valence electrons. The van der Waals surface area contributed by atoms with Crippen molar-refractivity contribution in [1.29, 1.82) is 0 Å². The van der Waals surface area contributed by atoms with Crippen molar-refractivity contribution in [2.24, 2.45) is 7.05 Å². The van der Waals surface area contributed by atoms with E-state index in [0.717, 1.165) is 31.9 Å². The van der Waals surface area contributed by atoms with E-state index in [1.165, 1.54) is 5.69 Å². The molecule has 8 heteroatoms. The lowest BCUT2D eigenvalue weighted by Gasteiger charge is -2.39. The molecule has 0 spiro atoms. The largest absolute Gasteiger partial charge is 0.374 e. The predicted octanol–water partition coefficient (Wildman–Crippen LogP) is 0.193. The summed E-state index contributed by atoms with van der Waals surface area (Å²) in [6.45, 7) is 5.96. The molecule has 3 rings (SSSR count). The highest BCUT2D eigenvalue weighted by atomic mass is 16.5. The number of rotatable bonds is 6. The molecule has 1 aliphatic heterocycles. The number of aryl methyl sites for hydroxylation is 2. The van der Waals surface area contributed by atoms with Crippen molar-refractivity contribution in [1.82, 2.24) is 34.8 Å². The Kier molecular flexibility index (Phi) is 5.04. The molecule has 0 bridgehead atoms. The molecule has 0 radical (unpaired) electrons. The van der Waals surface area contributed by atoms with E-state index in [-0.39, 0.29) is 12.1 Å². The van der Waals surface area contributed by atoms with Crippen LogP contribution in [0.5, 0.6) is 0 Å². The number of hydrogen-bond acceptors (Lipinski definition) is 6. The van der Waals surface area contributed by atoms with Gasteiger partial charge in [-0.25, -0.2) is 4.98 Å². The Hall–Kier alpha value is -1.77. The third-order valence-electron chi connectivity index (χ3n) is 4.28. The summed E-state index contributed by atoms with van der Waals surface area (Å²) in [4.78, 5) is 8.27. The van der Waals surface area contributed by atoms with Crippen LogP contribution in [-0.2, 0) is 24.9 Å². The van der Waals surface area contributed by atoms with E-state index in [0.29, 0.717) is 6.54 Å². The van der Waals surface area contributed by atoms with Crippen LogP contribution in [-0.4, -0.2) is 62.3 Å². The first kappa shape index (κ1) is 16.1. The van der Waals surface area contributed by atoms with Gasteiger partial charge in [0, 0.05) is 32.9 Å². The third kappa shape index (κ3) is 3.60. The van der Waals surface area contributed by atoms with Crippen molar-refractivity contribution in [2.75, 3.05) is 26.7 Å². The van der Waals surface area contributed by atoms with Gasteiger partial charge in [-0.3, -0.25) is 4.90 Å². The zero-order chi connectivity index (χ0) is 16.2. The quantitative estimate of drug-likeness (QED) is 0.820. The number of hydrogen-bond donors (Lipinski definition) is 1. The van der Waals surface area contributed by atoms with Crippen molar-refractivity contribution in [2.45, 2.75) is 32.2 Å². The second-order valence-electron chi connectivity index (χ2n) is 5.92. The minimum atomic E-state index is 0.0883. The van der Waals surface area contributed by atoms with E-state index in [1.54, 1.807) is 4.80 Å². The fraction of sp³-hybridized carbons (Fsp3) is 0.667. The van der Waals surface area contributed by atoms with Gasteiger partial charge in [-0.1, -0.05) is 0 Å². The summed E-state index contributed by atoms with van der Waals surface area (Å²) in [7, 11) is 4.17. The minimum Gasteiger partial charge on any atom is -0.374 e. The molecule has 1 aliphatic rings. The minimum absolute atomic E-state index is 0.0883. The van der Waals surface area contributed by atoms with E-state index in [1.807, 2.05) is 32.7 Å². The van der Waals surface area contributed by atoms with Crippen LogP contribution in [0, 0.1) is 0 Å². The third-order valence-corrected chi connectivity index (χ3v) is 4.28. The van der Waals surface area contributed by atoms with Crippen LogP contribution in [0.25, 0.3) is 0 Å². The Morgan fingerprint density at radius 2 is 2.22 bits per heavy atom. The van der Waals surface area contributed by atoms with Gasteiger partial charge >= 0.3 is 0 Å². The molecule has 3 heterocycles. The number of nitrogens with zero attached hydrogens (tertiary/aromatic N) is 6. The maximum absolute atomic E-state index is 6.02. The Balaban J connectivity index is 1.61. The van der Waals surface area contributed by atoms with E-state index >= 15 is 0 Å². The smallest absolute Gasteiger partial charge is 0.0964 e. The molecule has 1 saturated heterocycles. The molecule has 1 N–H and O–H groups in total. The first-order valence-corrected chi connectivity index (χ1v) is 8.06. The molecule has 0 unspecified atom stereocenters. The molecule has 2 aromatic rings. The molecule has 1 fully saturated rings. The van der Waals surface area contributed by atoms with Gasteiger partial charge in [0.25, 0.3) is 0 Å². The average Bonchev–Trinajstić information content (AvgIpc) is 3.17. The summed E-state index contributed by atoms with van der Waals surface area (Å²) < 4.78 is 8.08. The molecule has 0 saturated carbocycles. The summed E-state index contributed by atoms with van der Waals surface area (Å²) in [5, 5.41) is 12.0. The number of nitrogens with one attached hydrogen (secondary N) is 1. The van der Waals surface area contributed by atoms with Gasteiger partial charge in [0.2, 0.25) is 0 Å². The highest BCUT2D eigenvalue weighted by molar-refractivity contribution is 5.09. The fourth-order valence-corrected chi connectivity index (χ4v) is 3.01. The summed E-state index contributed by atoms with van der Waals surface area (Å²) in [5.41, 5.74) is 2.13. The molecule has 2 aromatic heterocycles. The fourth-order valence-electron chi connectivity index (χ4n) is 3.01. The maximum atomic E-state index is 6.02. The van der Waals surface area contributed by atoms with Gasteiger partial charge in [-0.15, -0.1) is 0 Å². The summed E-state index contributed by atoms with van der Waals surface area (Å²) >= 11 is 0. The van der Waals surface area contributed by atoms with Gasteiger partial charge in [-0.2, -0.15) is 15.0 Å². The highest BCUT2D eigenvalue weighted by Gasteiger charge is 2.33. The Morgan fingerprint density at radius 1 is 1.35 bits per heavy atom. The highest BCUT2D eigenvalue weighted by Crippen LogP contribution is 2.27. The zero-order valence-electron chi connectivity index (χ0n) is 14.0. The van der Waals surface area contributed by atoms with Gasteiger partial charge < -0.3 is 14.6 Å². The first-order valence-electron chi connectivity index (χ1n) is 8.06. The molecular weight excluding hydrogens is 294 g/mol. The van der Waals surface area contributed by atoms with Crippen molar-refractivity contribution in [3.8, 4) is 0 Å². The van der Waals surface area contributed by atoms with Gasteiger partial charge in [-0.05, 0) is 14.0 Å². The molecule has 0 aromatic carbocycles. The normalized spacial score (nSPS) is 22.6.